The van der Waals surface area contributed by atoms with E-state index in [1.807, 2.05) is 36.2 Å². The van der Waals surface area contributed by atoms with Crippen LogP contribution in [0.25, 0.3) is 0 Å². The van der Waals surface area contributed by atoms with E-state index in [2.05, 4.69) is 12.2 Å². The van der Waals surface area contributed by atoms with Gasteiger partial charge in [0.15, 0.2) is 0 Å². The Morgan fingerprint density at radius 1 is 1.35 bits per heavy atom. The highest BCUT2D eigenvalue weighted by molar-refractivity contribution is 5.99. The van der Waals surface area contributed by atoms with E-state index in [0.29, 0.717) is 6.04 Å². The topological polar surface area (TPSA) is 32.3 Å². The smallest absolute Gasteiger partial charge is 0.256 e. The van der Waals surface area contributed by atoms with Gasteiger partial charge < -0.3 is 10.2 Å². The molecule has 1 atom stereocenters. The van der Waals surface area contributed by atoms with E-state index >= 15 is 0 Å². The second kappa shape index (κ2) is 5.21. The van der Waals surface area contributed by atoms with E-state index in [9.17, 15) is 4.79 Å². The summed E-state index contributed by atoms with van der Waals surface area (Å²) in [5.74, 6) is 0.155. The Morgan fingerprint density at radius 3 is 2.82 bits per heavy atom. The molecule has 2 rings (SSSR count). The number of nitrogens with zero attached hydrogens (tertiary/aromatic N) is 1. The third-order valence-corrected chi connectivity index (χ3v) is 3.49. The minimum atomic E-state index is 0.155. The molecule has 1 aliphatic heterocycles. The van der Waals surface area contributed by atoms with Gasteiger partial charge in [-0.1, -0.05) is 12.1 Å². The highest BCUT2D eigenvalue weighted by Crippen LogP contribution is 2.22. The monoisotopic (exact) mass is 232 g/mol. The Kier molecular flexibility index (Phi) is 3.67. The van der Waals surface area contributed by atoms with E-state index in [0.717, 1.165) is 30.6 Å². The molecule has 17 heavy (non-hydrogen) atoms. The summed E-state index contributed by atoms with van der Waals surface area (Å²) >= 11 is 0. The highest BCUT2D eigenvalue weighted by atomic mass is 16.2. The number of hydrogen-bond donors (Lipinski definition) is 1. The largest absolute Gasteiger partial charge is 0.387 e. The van der Waals surface area contributed by atoms with Crippen molar-refractivity contribution in [2.75, 3.05) is 18.9 Å². The molecule has 0 aromatic heterocycles. The van der Waals surface area contributed by atoms with Crippen molar-refractivity contribution in [3.63, 3.8) is 0 Å². The number of rotatable bonds is 2. The maximum atomic E-state index is 12.5. The zero-order chi connectivity index (χ0) is 12.3. The van der Waals surface area contributed by atoms with Crippen molar-refractivity contribution < 1.29 is 4.79 Å². The standard InChI is InChI=1S/C14H20N2O/c1-11-7-5-6-10-16(11)14(17)12-8-3-4-9-13(12)15-2/h3-4,8-9,11,15H,5-7,10H2,1-2H3. The second-order valence-corrected chi connectivity index (χ2v) is 4.64. The summed E-state index contributed by atoms with van der Waals surface area (Å²) in [6, 6.07) is 8.07. The second-order valence-electron chi connectivity index (χ2n) is 4.64. The van der Waals surface area contributed by atoms with Gasteiger partial charge in [0.2, 0.25) is 0 Å². The van der Waals surface area contributed by atoms with Gasteiger partial charge in [0.1, 0.15) is 0 Å². The molecule has 1 N–H and O–H groups in total. The van der Waals surface area contributed by atoms with Gasteiger partial charge >= 0.3 is 0 Å². The number of amides is 1. The minimum absolute atomic E-state index is 0.155. The van der Waals surface area contributed by atoms with Crippen LogP contribution in [-0.4, -0.2) is 30.4 Å². The zero-order valence-electron chi connectivity index (χ0n) is 10.6. The number of anilines is 1. The molecule has 3 nitrogen and oxygen atoms in total. The van der Waals surface area contributed by atoms with Crippen LogP contribution in [-0.2, 0) is 0 Å². The van der Waals surface area contributed by atoms with Gasteiger partial charge in [0, 0.05) is 25.3 Å². The lowest BCUT2D eigenvalue weighted by Gasteiger charge is -2.33. The molecule has 0 bridgehead atoms. The molecule has 0 radical (unpaired) electrons. The van der Waals surface area contributed by atoms with Crippen molar-refractivity contribution in [3.05, 3.63) is 29.8 Å². The van der Waals surface area contributed by atoms with E-state index in [1.54, 1.807) is 0 Å². The summed E-state index contributed by atoms with van der Waals surface area (Å²) in [4.78, 5) is 14.5. The van der Waals surface area contributed by atoms with Crippen LogP contribution in [0.1, 0.15) is 36.5 Å². The van der Waals surface area contributed by atoms with E-state index in [-0.39, 0.29) is 5.91 Å². The molecule has 92 valence electrons. The van der Waals surface area contributed by atoms with Crippen LogP contribution in [0, 0.1) is 0 Å². The fraction of sp³-hybridized carbons (Fsp3) is 0.500. The Balaban J connectivity index is 2.23. The molecule has 3 heteroatoms. The Labute approximate surface area is 103 Å². The lowest BCUT2D eigenvalue weighted by atomic mass is 10.0. The van der Waals surface area contributed by atoms with Gasteiger partial charge in [0.05, 0.1) is 5.56 Å². The Morgan fingerprint density at radius 2 is 2.12 bits per heavy atom. The van der Waals surface area contributed by atoms with Gasteiger partial charge in [-0.05, 0) is 38.3 Å². The maximum absolute atomic E-state index is 12.5. The first-order valence-corrected chi connectivity index (χ1v) is 6.32. The number of piperidine rings is 1. The molecule has 1 aliphatic rings. The molecule has 0 aliphatic carbocycles. The average Bonchev–Trinajstić information content (AvgIpc) is 2.38. The van der Waals surface area contributed by atoms with Crippen LogP contribution in [0.2, 0.25) is 0 Å². The minimum Gasteiger partial charge on any atom is -0.387 e. The van der Waals surface area contributed by atoms with Crippen LogP contribution >= 0.6 is 0 Å². The maximum Gasteiger partial charge on any atom is 0.256 e. The number of carbonyl (C=O) groups excluding carboxylic acids is 1. The van der Waals surface area contributed by atoms with Gasteiger partial charge in [-0.25, -0.2) is 0 Å². The molecule has 1 aromatic rings. The summed E-state index contributed by atoms with van der Waals surface area (Å²) in [5.41, 5.74) is 1.69. The normalized spacial score (nSPS) is 20.1. The van der Waals surface area contributed by atoms with Crippen molar-refractivity contribution in [2.45, 2.75) is 32.2 Å². The predicted molar refractivity (Wildman–Crippen MR) is 70.3 cm³/mol. The van der Waals surface area contributed by atoms with Crippen LogP contribution in [0.4, 0.5) is 5.69 Å². The quantitative estimate of drug-likeness (QED) is 0.850. The molecule has 1 unspecified atom stereocenters. The van der Waals surface area contributed by atoms with Crippen LogP contribution in [0.3, 0.4) is 0 Å². The number of carbonyl (C=O) groups is 1. The molecular formula is C14H20N2O. The molecule has 1 saturated heterocycles. The van der Waals surface area contributed by atoms with Crippen molar-refractivity contribution in [2.24, 2.45) is 0 Å². The average molecular weight is 232 g/mol. The number of likely N-dealkylation sites (tertiary alicyclic amines) is 1. The van der Waals surface area contributed by atoms with Crippen molar-refractivity contribution in [3.8, 4) is 0 Å². The SMILES string of the molecule is CNc1ccccc1C(=O)N1CCCCC1C. The van der Waals surface area contributed by atoms with Crippen LogP contribution in [0.5, 0.6) is 0 Å². The van der Waals surface area contributed by atoms with Gasteiger partial charge in [-0.3, -0.25) is 4.79 Å². The fourth-order valence-corrected chi connectivity index (χ4v) is 2.44. The first-order chi connectivity index (χ1) is 8.24. The van der Waals surface area contributed by atoms with E-state index in [4.69, 9.17) is 0 Å². The van der Waals surface area contributed by atoms with E-state index in [1.165, 1.54) is 6.42 Å². The van der Waals surface area contributed by atoms with Crippen molar-refractivity contribution >= 4 is 11.6 Å². The molecule has 1 aromatic carbocycles. The predicted octanol–water partition coefficient (Wildman–Crippen LogP) is 2.74. The van der Waals surface area contributed by atoms with Crippen molar-refractivity contribution in [1.29, 1.82) is 0 Å². The number of para-hydroxylation sites is 1. The molecule has 0 spiro atoms. The van der Waals surface area contributed by atoms with Crippen LogP contribution < -0.4 is 5.32 Å². The summed E-state index contributed by atoms with van der Waals surface area (Å²) in [6.45, 7) is 3.02. The lowest BCUT2D eigenvalue weighted by molar-refractivity contribution is 0.0636. The van der Waals surface area contributed by atoms with Gasteiger partial charge in [-0.15, -0.1) is 0 Å². The third kappa shape index (κ3) is 2.43. The van der Waals surface area contributed by atoms with Crippen molar-refractivity contribution in [1.82, 2.24) is 4.90 Å². The van der Waals surface area contributed by atoms with Crippen LogP contribution in [0.15, 0.2) is 24.3 Å². The molecule has 1 heterocycles. The fourth-order valence-electron chi connectivity index (χ4n) is 2.44. The lowest BCUT2D eigenvalue weighted by Crippen LogP contribution is -2.42. The summed E-state index contributed by atoms with van der Waals surface area (Å²) in [7, 11) is 1.85. The number of benzene rings is 1. The molecular weight excluding hydrogens is 212 g/mol. The number of hydrogen-bond acceptors (Lipinski definition) is 2. The number of nitrogens with one attached hydrogen (secondary N) is 1. The zero-order valence-corrected chi connectivity index (χ0v) is 10.6. The Bertz CT molecular complexity index is 403. The summed E-state index contributed by atoms with van der Waals surface area (Å²) < 4.78 is 0. The molecule has 1 amide bonds. The summed E-state index contributed by atoms with van der Waals surface area (Å²) in [6.07, 6.45) is 3.48. The van der Waals surface area contributed by atoms with Gasteiger partial charge in [0.25, 0.3) is 5.91 Å². The Hall–Kier alpha value is -1.51. The highest BCUT2D eigenvalue weighted by Gasteiger charge is 2.25. The van der Waals surface area contributed by atoms with E-state index < -0.39 is 0 Å². The summed E-state index contributed by atoms with van der Waals surface area (Å²) in [5, 5.41) is 3.08. The molecule has 0 saturated carbocycles. The molecule has 1 fully saturated rings. The first kappa shape index (κ1) is 12.0. The third-order valence-electron chi connectivity index (χ3n) is 3.49. The van der Waals surface area contributed by atoms with Gasteiger partial charge in [-0.2, -0.15) is 0 Å². The first-order valence-electron chi connectivity index (χ1n) is 6.32.